The molecule has 0 fully saturated rings. The van der Waals surface area contributed by atoms with E-state index in [1.807, 2.05) is 0 Å². The van der Waals surface area contributed by atoms with E-state index in [9.17, 15) is 0 Å². The van der Waals surface area contributed by atoms with Crippen LogP contribution in [0.1, 0.15) is 31.9 Å². The smallest absolute Gasteiger partial charge is 0.0291 e. The summed E-state index contributed by atoms with van der Waals surface area (Å²) in [4.78, 5) is 1.33. The van der Waals surface area contributed by atoms with Crippen molar-refractivity contribution in [2.75, 3.05) is 12.8 Å². The van der Waals surface area contributed by atoms with Crippen molar-refractivity contribution >= 4 is 11.8 Å². The molecule has 1 rings (SSSR count). The molecule has 0 aliphatic rings. The van der Waals surface area contributed by atoms with E-state index in [0.717, 1.165) is 6.54 Å². The molecule has 0 aliphatic heterocycles. The Morgan fingerprint density at radius 1 is 1.29 bits per heavy atom. The fourth-order valence-electron chi connectivity index (χ4n) is 1.37. The van der Waals surface area contributed by atoms with Crippen molar-refractivity contribution in [1.29, 1.82) is 0 Å². The Kier molecular flexibility index (Phi) is 5.05. The fraction of sp³-hybridized carbons (Fsp3) is 0.500. The molecule has 0 bridgehead atoms. The summed E-state index contributed by atoms with van der Waals surface area (Å²) in [6.45, 7) is 5.49. The van der Waals surface area contributed by atoms with E-state index in [-0.39, 0.29) is 0 Å². The second-order valence-electron chi connectivity index (χ2n) is 3.45. The quantitative estimate of drug-likeness (QED) is 0.745. The van der Waals surface area contributed by atoms with Crippen LogP contribution >= 0.6 is 11.8 Å². The van der Waals surface area contributed by atoms with Gasteiger partial charge in [0.05, 0.1) is 0 Å². The van der Waals surface area contributed by atoms with Gasteiger partial charge in [0.25, 0.3) is 0 Å². The van der Waals surface area contributed by atoms with E-state index in [1.165, 1.54) is 16.9 Å². The number of rotatable bonds is 5. The van der Waals surface area contributed by atoms with Crippen molar-refractivity contribution in [3.8, 4) is 0 Å². The highest BCUT2D eigenvalue weighted by atomic mass is 32.2. The van der Waals surface area contributed by atoms with Gasteiger partial charge in [-0.25, -0.2) is 0 Å². The molecule has 0 aliphatic carbocycles. The van der Waals surface area contributed by atoms with Gasteiger partial charge in [0, 0.05) is 10.9 Å². The summed E-state index contributed by atoms with van der Waals surface area (Å²) in [5.41, 5.74) is 1.37. The third-order valence-electron chi connectivity index (χ3n) is 2.32. The van der Waals surface area contributed by atoms with Crippen LogP contribution in [0.15, 0.2) is 29.2 Å². The second-order valence-corrected chi connectivity index (χ2v) is 4.33. The van der Waals surface area contributed by atoms with Gasteiger partial charge in [0.15, 0.2) is 0 Å². The predicted octanol–water partition coefficient (Wildman–Crippen LogP) is 3.47. The molecule has 0 spiro atoms. The first-order valence-electron chi connectivity index (χ1n) is 5.15. The van der Waals surface area contributed by atoms with Gasteiger partial charge < -0.3 is 5.32 Å². The van der Waals surface area contributed by atoms with Gasteiger partial charge in [-0.15, -0.1) is 11.8 Å². The molecule has 0 heterocycles. The topological polar surface area (TPSA) is 12.0 Å². The molecule has 78 valence electrons. The van der Waals surface area contributed by atoms with Crippen molar-refractivity contribution in [2.45, 2.75) is 31.2 Å². The molecule has 0 aromatic heterocycles. The first-order valence-corrected chi connectivity index (χ1v) is 6.37. The summed E-state index contributed by atoms with van der Waals surface area (Å²) in [5.74, 6) is 0. The molecular weight excluding hydrogens is 190 g/mol. The number of nitrogens with one attached hydrogen (secondary N) is 1. The standard InChI is InChI=1S/C12H19NS/c1-4-9-13-10(2)11-5-7-12(14-3)8-6-11/h5-8,10,13H,4,9H2,1-3H3. The minimum atomic E-state index is 0.464. The Balaban J connectivity index is 2.57. The highest BCUT2D eigenvalue weighted by molar-refractivity contribution is 7.98. The van der Waals surface area contributed by atoms with Crippen molar-refractivity contribution in [3.63, 3.8) is 0 Å². The Labute approximate surface area is 91.3 Å². The minimum Gasteiger partial charge on any atom is -0.310 e. The van der Waals surface area contributed by atoms with Crippen LogP contribution in [-0.2, 0) is 0 Å². The van der Waals surface area contributed by atoms with Crippen LogP contribution < -0.4 is 5.32 Å². The van der Waals surface area contributed by atoms with Crippen LogP contribution in [0.25, 0.3) is 0 Å². The molecular formula is C12H19NS. The molecule has 1 N–H and O–H groups in total. The van der Waals surface area contributed by atoms with Gasteiger partial charge >= 0.3 is 0 Å². The lowest BCUT2D eigenvalue weighted by Crippen LogP contribution is -2.19. The molecule has 1 atom stereocenters. The van der Waals surface area contributed by atoms with E-state index in [4.69, 9.17) is 0 Å². The Morgan fingerprint density at radius 2 is 1.93 bits per heavy atom. The van der Waals surface area contributed by atoms with Crippen LogP contribution in [0.5, 0.6) is 0 Å². The normalized spacial score (nSPS) is 12.8. The van der Waals surface area contributed by atoms with Crippen LogP contribution in [0.4, 0.5) is 0 Å². The van der Waals surface area contributed by atoms with Gasteiger partial charge in [0.2, 0.25) is 0 Å². The second kappa shape index (κ2) is 6.10. The molecule has 1 unspecified atom stereocenters. The maximum atomic E-state index is 3.48. The van der Waals surface area contributed by atoms with E-state index >= 15 is 0 Å². The van der Waals surface area contributed by atoms with E-state index in [2.05, 4.69) is 49.7 Å². The van der Waals surface area contributed by atoms with Crippen LogP contribution in [0.3, 0.4) is 0 Å². The molecule has 1 nitrogen and oxygen atoms in total. The molecule has 0 amide bonds. The minimum absolute atomic E-state index is 0.464. The SMILES string of the molecule is CCCNC(C)c1ccc(SC)cc1. The van der Waals surface area contributed by atoms with Crippen LogP contribution in [0, 0.1) is 0 Å². The average Bonchev–Trinajstić information content (AvgIpc) is 2.26. The zero-order valence-electron chi connectivity index (χ0n) is 9.21. The summed E-state index contributed by atoms with van der Waals surface area (Å²) in [6, 6.07) is 9.25. The molecule has 0 radical (unpaired) electrons. The van der Waals surface area contributed by atoms with Crippen molar-refractivity contribution < 1.29 is 0 Å². The molecule has 1 aromatic rings. The summed E-state index contributed by atoms with van der Waals surface area (Å²) in [5, 5.41) is 3.48. The fourth-order valence-corrected chi connectivity index (χ4v) is 1.78. The summed E-state index contributed by atoms with van der Waals surface area (Å²) in [6.07, 6.45) is 3.29. The monoisotopic (exact) mass is 209 g/mol. The van der Waals surface area contributed by atoms with Gasteiger partial charge in [-0.2, -0.15) is 0 Å². The summed E-state index contributed by atoms with van der Waals surface area (Å²) >= 11 is 1.79. The zero-order valence-corrected chi connectivity index (χ0v) is 10.0. The number of thioether (sulfide) groups is 1. The molecule has 0 saturated heterocycles. The first-order chi connectivity index (χ1) is 6.77. The summed E-state index contributed by atoms with van der Waals surface area (Å²) in [7, 11) is 0. The van der Waals surface area contributed by atoms with Gasteiger partial charge in [-0.05, 0) is 43.8 Å². The summed E-state index contributed by atoms with van der Waals surface area (Å²) < 4.78 is 0. The lowest BCUT2D eigenvalue weighted by Gasteiger charge is -2.13. The van der Waals surface area contributed by atoms with Crippen LogP contribution in [0.2, 0.25) is 0 Å². The average molecular weight is 209 g/mol. The van der Waals surface area contributed by atoms with E-state index in [1.54, 1.807) is 11.8 Å². The zero-order chi connectivity index (χ0) is 10.4. The molecule has 0 saturated carbocycles. The third kappa shape index (κ3) is 3.35. The Bertz CT molecular complexity index is 256. The highest BCUT2D eigenvalue weighted by Gasteiger charge is 2.02. The largest absolute Gasteiger partial charge is 0.310 e. The molecule has 1 aromatic carbocycles. The van der Waals surface area contributed by atoms with Gasteiger partial charge in [0.1, 0.15) is 0 Å². The molecule has 2 heteroatoms. The lowest BCUT2D eigenvalue weighted by molar-refractivity contribution is 0.570. The van der Waals surface area contributed by atoms with E-state index < -0.39 is 0 Å². The van der Waals surface area contributed by atoms with Crippen molar-refractivity contribution in [3.05, 3.63) is 29.8 Å². The third-order valence-corrected chi connectivity index (χ3v) is 3.06. The van der Waals surface area contributed by atoms with E-state index in [0.29, 0.717) is 6.04 Å². The van der Waals surface area contributed by atoms with Crippen LogP contribution in [-0.4, -0.2) is 12.8 Å². The van der Waals surface area contributed by atoms with Crippen molar-refractivity contribution in [1.82, 2.24) is 5.32 Å². The number of hydrogen-bond acceptors (Lipinski definition) is 2. The maximum absolute atomic E-state index is 3.48. The van der Waals surface area contributed by atoms with Crippen molar-refractivity contribution in [2.24, 2.45) is 0 Å². The van der Waals surface area contributed by atoms with Gasteiger partial charge in [-0.3, -0.25) is 0 Å². The number of benzene rings is 1. The molecule has 14 heavy (non-hydrogen) atoms. The Hall–Kier alpha value is -0.470. The Morgan fingerprint density at radius 3 is 2.43 bits per heavy atom. The lowest BCUT2D eigenvalue weighted by atomic mass is 10.1. The first kappa shape index (κ1) is 11.6. The maximum Gasteiger partial charge on any atom is 0.0291 e. The van der Waals surface area contributed by atoms with Gasteiger partial charge in [-0.1, -0.05) is 19.1 Å². The highest BCUT2D eigenvalue weighted by Crippen LogP contribution is 2.18. The number of hydrogen-bond donors (Lipinski definition) is 1. The predicted molar refractivity (Wildman–Crippen MR) is 64.9 cm³/mol.